The second-order valence-corrected chi connectivity index (χ2v) is 6.01. The van der Waals surface area contributed by atoms with Gasteiger partial charge in [-0.1, -0.05) is 0 Å². The molecule has 1 atom stereocenters. The number of imidazole rings is 1. The molecule has 0 amide bonds. The van der Waals surface area contributed by atoms with Crippen molar-refractivity contribution in [3.05, 3.63) is 78.6 Å². The highest BCUT2D eigenvalue weighted by molar-refractivity contribution is 5.89. The van der Waals surface area contributed by atoms with Gasteiger partial charge in [0.1, 0.15) is 23.9 Å². The van der Waals surface area contributed by atoms with E-state index in [1.54, 1.807) is 55.3 Å². The fourth-order valence-corrected chi connectivity index (χ4v) is 2.43. The van der Waals surface area contributed by atoms with E-state index in [1.807, 2.05) is 0 Å². The van der Waals surface area contributed by atoms with Crippen LogP contribution in [-0.2, 0) is 10.5 Å². The Morgan fingerprint density at radius 1 is 1.11 bits per heavy atom. The molecule has 0 saturated heterocycles. The third-order valence-electron chi connectivity index (χ3n) is 4.01. The van der Waals surface area contributed by atoms with E-state index in [0.717, 1.165) is 0 Å². The maximum Gasteiger partial charge on any atom is 0.340 e. The third kappa shape index (κ3) is 4.44. The summed E-state index contributed by atoms with van der Waals surface area (Å²) in [5, 5.41) is 0. The highest BCUT2D eigenvalue weighted by Gasteiger charge is 2.32. The number of ether oxygens (including phenoxy) is 3. The minimum absolute atomic E-state index is 0.0108. The Kier molecular flexibility index (Phi) is 5.40. The number of halogens is 1. The monoisotopic (exact) mass is 370 g/mol. The fourth-order valence-electron chi connectivity index (χ4n) is 2.43. The second-order valence-electron chi connectivity index (χ2n) is 6.01. The summed E-state index contributed by atoms with van der Waals surface area (Å²) < 4.78 is 31.2. The molecule has 0 spiro atoms. The van der Waals surface area contributed by atoms with Crippen molar-refractivity contribution in [2.75, 3.05) is 13.7 Å². The molecule has 0 N–H and O–H groups in total. The van der Waals surface area contributed by atoms with Gasteiger partial charge in [0.15, 0.2) is 0 Å². The fraction of sp³-hybridized carbons (Fsp3) is 0.200. The van der Waals surface area contributed by atoms with E-state index >= 15 is 0 Å². The maximum absolute atomic E-state index is 13.1. The highest BCUT2D eigenvalue weighted by atomic mass is 19.1. The van der Waals surface area contributed by atoms with Gasteiger partial charge in [-0.05, 0) is 55.5 Å². The first-order valence-corrected chi connectivity index (χ1v) is 8.24. The molecule has 0 bridgehead atoms. The number of carbonyl (C=O) groups excluding carboxylic acids is 1. The molecule has 140 valence electrons. The minimum Gasteiger partial charge on any atom is -0.497 e. The van der Waals surface area contributed by atoms with Gasteiger partial charge in [-0.25, -0.2) is 14.2 Å². The van der Waals surface area contributed by atoms with E-state index in [9.17, 15) is 9.18 Å². The summed E-state index contributed by atoms with van der Waals surface area (Å²) in [6.07, 6.45) is 4.79. The van der Waals surface area contributed by atoms with E-state index in [-0.39, 0.29) is 12.4 Å². The molecule has 3 rings (SSSR count). The SMILES string of the molecule is COc1ccc(C(=O)OC(C)(COc2ccc(F)cc2)n2ccnc2)cc1. The van der Waals surface area contributed by atoms with Gasteiger partial charge in [-0.2, -0.15) is 0 Å². The van der Waals surface area contributed by atoms with Crippen molar-refractivity contribution in [2.45, 2.75) is 12.6 Å². The minimum atomic E-state index is -1.15. The Labute approximate surface area is 156 Å². The van der Waals surface area contributed by atoms with Crippen LogP contribution in [0.1, 0.15) is 17.3 Å². The maximum atomic E-state index is 13.1. The summed E-state index contributed by atoms with van der Waals surface area (Å²) in [7, 11) is 1.55. The Bertz CT molecular complexity index is 879. The lowest BCUT2D eigenvalue weighted by Crippen LogP contribution is -2.40. The number of nitrogens with zero attached hydrogens (tertiary/aromatic N) is 2. The van der Waals surface area contributed by atoms with Crippen LogP contribution in [0.2, 0.25) is 0 Å². The van der Waals surface area contributed by atoms with Crippen LogP contribution < -0.4 is 9.47 Å². The zero-order chi connectivity index (χ0) is 19.3. The van der Waals surface area contributed by atoms with Gasteiger partial charge < -0.3 is 14.2 Å². The average Bonchev–Trinajstić information content (AvgIpc) is 3.23. The molecule has 1 aromatic heterocycles. The summed E-state index contributed by atoms with van der Waals surface area (Å²) in [6.45, 7) is 1.72. The average molecular weight is 370 g/mol. The summed E-state index contributed by atoms with van der Waals surface area (Å²) >= 11 is 0. The van der Waals surface area contributed by atoms with Crippen molar-refractivity contribution in [1.29, 1.82) is 0 Å². The molecule has 7 heteroatoms. The molecule has 0 aliphatic heterocycles. The van der Waals surface area contributed by atoms with E-state index < -0.39 is 11.7 Å². The van der Waals surface area contributed by atoms with Crippen molar-refractivity contribution < 1.29 is 23.4 Å². The van der Waals surface area contributed by atoms with Crippen molar-refractivity contribution >= 4 is 5.97 Å². The number of benzene rings is 2. The van der Waals surface area contributed by atoms with E-state index in [1.165, 1.54) is 30.6 Å². The van der Waals surface area contributed by atoms with Crippen LogP contribution in [0.5, 0.6) is 11.5 Å². The summed E-state index contributed by atoms with van der Waals surface area (Å²) in [4.78, 5) is 16.6. The second kappa shape index (κ2) is 7.90. The van der Waals surface area contributed by atoms with Crippen molar-refractivity contribution in [3.63, 3.8) is 0 Å². The Morgan fingerprint density at radius 3 is 2.37 bits per heavy atom. The molecule has 2 aromatic carbocycles. The van der Waals surface area contributed by atoms with Crippen LogP contribution in [-0.4, -0.2) is 29.2 Å². The molecule has 6 nitrogen and oxygen atoms in total. The van der Waals surface area contributed by atoms with Crippen LogP contribution in [0.15, 0.2) is 67.3 Å². The number of esters is 1. The molecule has 3 aromatic rings. The van der Waals surface area contributed by atoms with Crippen LogP contribution in [0, 0.1) is 5.82 Å². The largest absolute Gasteiger partial charge is 0.497 e. The highest BCUT2D eigenvalue weighted by Crippen LogP contribution is 2.23. The van der Waals surface area contributed by atoms with Gasteiger partial charge in [-0.3, -0.25) is 4.57 Å². The lowest BCUT2D eigenvalue weighted by Gasteiger charge is -2.30. The van der Waals surface area contributed by atoms with E-state index in [0.29, 0.717) is 17.1 Å². The van der Waals surface area contributed by atoms with Crippen LogP contribution in [0.4, 0.5) is 4.39 Å². The van der Waals surface area contributed by atoms with Gasteiger partial charge in [0.2, 0.25) is 5.72 Å². The Balaban J connectivity index is 1.77. The molecule has 1 heterocycles. The molecule has 0 fully saturated rings. The van der Waals surface area contributed by atoms with Crippen LogP contribution >= 0.6 is 0 Å². The zero-order valence-electron chi connectivity index (χ0n) is 15.0. The van der Waals surface area contributed by atoms with Gasteiger partial charge >= 0.3 is 5.97 Å². The molecule has 27 heavy (non-hydrogen) atoms. The quantitative estimate of drug-likeness (QED) is 0.594. The number of rotatable bonds is 7. The summed E-state index contributed by atoms with van der Waals surface area (Å²) in [5.74, 6) is 0.231. The molecule has 0 aliphatic carbocycles. The number of hydrogen-bond acceptors (Lipinski definition) is 5. The Hall–Kier alpha value is -3.35. The summed E-state index contributed by atoms with van der Waals surface area (Å²) in [5.41, 5.74) is -0.772. The molecule has 0 saturated carbocycles. The van der Waals surface area contributed by atoms with Crippen molar-refractivity contribution in [1.82, 2.24) is 9.55 Å². The first-order chi connectivity index (χ1) is 13.0. The van der Waals surface area contributed by atoms with Gasteiger partial charge in [0.05, 0.1) is 19.0 Å². The molecule has 1 unspecified atom stereocenters. The van der Waals surface area contributed by atoms with Crippen LogP contribution in [0.3, 0.4) is 0 Å². The number of hydrogen-bond donors (Lipinski definition) is 0. The lowest BCUT2D eigenvalue weighted by atomic mass is 10.2. The van der Waals surface area contributed by atoms with Crippen LogP contribution in [0.25, 0.3) is 0 Å². The zero-order valence-corrected chi connectivity index (χ0v) is 15.0. The van der Waals surface area contributed by atoms with Gasteiger partial charge in [-0.15, -0.1) is 0 Å². The topological polar surface area (TPSA) is 62.6 Å². The normalized spacial score (nSPS) is 12.9. The molecule has 0 radical (unpaired) electrons. The molecular weight excluding hydrogens is 351 g/mol. The predicted molar refractivity (Wildman–Crippen MR) is 96.2 cm³/mol. The first kappa shape index (κ1) is 18.4. The number of methoxy groups -OCH3 is 1. The third-order valence-corrected chi connectivity index (χ3v) is 4.01. The van der Waals surface area contributed by atoms with Crippen molar-refractivity contribution in [3.8, 4) is 11.5 Å². The van der Waals surface area contributed by atoms with E-state index in [2.05, 4.69) is 4.98 Å². The van der Waals surface area contributed by atoms with Crippen molar-refractivity contribution in [2.24, 2.45) is 0 Å². The number of aromatic nitrogens is 2. The smallest absolute Gasteiger partial charge is 0.340 e. The number of carbonyl (C=O) groups is 1. The molecule has 0 aliphatic rings. The first-order valence-electron chi connectivity index (χ1n) is 8.24. The lowest BCUT2D eigenvalue weighted by molar-refractivity contribution is -0.0794. The van der Waals surface area contributed by atoms with E-state index in [4.69, 9.17) is 14.2 Å². The standard InChI is InChI=1S/C20H19FN2O4/c1-20(23-12-11-22-14-23,13-26-18-9-5-16(21)6-10-18)27-19(24)15-3-7-17(25-2)8-4-15/h3-12,14H,13H2,1-2H3. The predicted octanol–water partition coefficient (Wildman–Crippen LogP) is 3.64. The Morgan fingerprint density at radius 2 is 1.78 bits per heavy atom. The van der Waals surface area contributed by atoms with Gasteiger partial charge in [0.25, 0.3) is 0 Å². The summed E-state index contributed by atoms with van der Waals surface area (Å²) in [6, 6.07) is 12.2. The molecular formula is C20H19FN2O4. The van der Waals surface area contributed by atoms with Gasteiger partial charge in [0, 0.05) is 12.4 Å².